The number of benzene rings is 2. The number of likely N-dealkylation sites (tertiary alicyclic amines) is 1. The highest BCUT2D eigenvalue weighted by Gasteiger charge is 2.50. The van der Waals surface area contributed by atoms with Crippen LogP contribution in [0.1, 0.15) is 48.2 Å². The van der Waals surface area contributed by atoms with Crippen molar-refractivity contribution in [1.82, 2.24) is 20.5 Å². The van der Waals surface area contributed by atoms with Crippen LogP contribution in [0.5, 0.6) is 0 Å². The van der Waals surface area contributed by atoms with Crippen LogP contribution in [0.15, 0.2) is 54.6 Å². The highest BCUT2D eigenvalue weighted by Crippen LogP contribution is 2.43. The maximum Gasteiger partial charge on any atom is 0.271 e. The van der Waals surface area contributed by atoms with Gasteiger partial charge >= 0.3 is 0 Å². The summed E-state index contributed by atoms with van der Waals surface area (Å²) < 4.78 is 5.70. The first-order chi connectivity index (χ1) is 20.4. The molecule has 2 aliphatic heterocycles. The monoisotopic (exact) mass is 590 g/mol. The van der Waals surface area contributed by atoms with E-state index in [0.29, 0.717) is 30.2 Å². The first kappa shape index (κ1) is 28.4. The average Bonchev–Trinajstić information content (AvgIpc) is 3.77. The molecule has 1 saturated carbocycles. The summed E-state index contributed by atoms with van der Waals surface area (Å²) in [6, 6.07) is 15.1. The Morgan fingerprint density at radius 3 is 2.67 bits per heavy atom. The number of aromatic nitrogens is 1. The van der Waals surface area contributed by atoms with E-state index in [0.717, 1.165) is 35.7 Å². The zero-order chi connectivity index (χ0) is 29.2. The van der Waals surface area contributed by atoms with Crippen LogP contribution >= 0.6 is 11.6 Å². The molecule has 0 bridgehead atoms. The minimum absolute atomic E-state index is 0.0155. The van der Waals surface area contributed by atoms with Crippen LogP contribution in [0.2, 0.25) is 5.02 Å². The number of ether oxygens (including phenoxy) is 1. The number of rotatable bonds is 10. The van der Waals surface area contributed by atoms with E-state index < -0.39 is 12.1 Å². The first-order valence-corrected chi connectivity index (χ1v) is 15.1. The molecule has 3 fully saturated rings. The Labute approximate surface area is 249 Å². The Balaban J connectivity index is 1.20. The number of nitrogens with zero attached hydrogens (tertiary/aromatic N) is 1. The van der Waals surface area contributed by atoms with E-state index in [1.165, 1.54) is 0 Å². The molecule has 1 aromatic heterocycles. The lowest BCUT2D eigenvalue weighted by Gasteiger charge is -2.29. The number of Topliss-reactive ketones (excluding diaryl/α,β-unsaturated/α-hetero) is 1. The molecule has 3 N–H and O–H groups in total. The van der Waals surface area contributed by atoms with E-state index in [-0.39, 0.29) is 60.9 Å². The van der Waals surface area contributed by atoms with Crippen molar-refractivity contribution in [2.75, 3.05) is 19.7 Å². The lowest BCUT2D eigenvalue weighted by molar-refractivity contribution is -0.134. The number of fused-ring (bicyclic) bond motifs is 2. The third-order valence-corrected chi connectivity index (χ3v) is 9.33. The number of amides is 3. The predicted octanol–water partition coefficient (Wildman–Crippen LogP) is 3.86. The van der Waals surface area contributed by atoms with Crippen molar-refractivity contribution in [3.05, 3.63) is 70.9 Å². The van der Waals surface area contributed by atoms with Gasteiger partial charge in [0.1, 0.15) is 18.3 Å². The molecule has 2 aromatic carbocycles. The van der Waals surface area contributed by atoms with E-state index in [4.69, 9.17) is 16.3 Å². The van der Waals surface area contributed by atoms with Gasteiger partial charge in [-0.05, 0) is 61.3 Å². The van der Waals surface area contributed by atoms with Crippen molar-refractivity contribution >= 4 is 46.0 Å². The van der Waals surface area contributed by atoms with Crippen LogP contribution in [0.4, 0.5) is 0 Å². The molecule has 0 radical (unpaired) electrons. The Morgan fingerprint density at radius 1 is 1.07 bits per heavy atom. The fourth-order valence-corrected chi connectivity index (χ4v) is 7.09. The molecule has 0 spiro atoms. The summed E-state index contributed by atoms with van der Waals surface area (Å²) in [6.07, 6.45) is 3.59. The predicted molar refractivity (Wildman–Crippen MR) is 158 cm³/mol. The molecule has 3 aromatic rings. The number of carbonyl (C=O) groups excluding carboxylic acids is 4. The molecule has 1 aliphatic carbocycles. The SMILES string of the molecule is O=C(N[C@@H](C[C@@H]1CCNC1=O)C(=O)COCc1ccccc1)C1C2CCCC2CN1C(=O)c1cc2c(Cl)cccc2[nH]1. The lowest BCUT2D eigenvalue weighted by Crippen LogP contribution is -2.53. The molecule has 9 nitrogen and oxygen atoms in total. The summed E-state index contributed by atoms with van der Waals surface area (Å²) in [5.41, 5.74) is 2.06. The van der Waals surface area contributed by atoms with E-state index in [1.807, 2.05) is 42.5 Å². The molecule has 5 atom stereocenters. The summed E-state index contributed by atoms with van der Waals surface area (Å²) in [7, 11) is 0. The quantitative estimate of drug-likeness (QED) is 0.331. The molecular weight excluding hydrogens is 556 g/mol. The molecule has 3 unspecified atom stereocenters. The molecule has 6 rings (SSSR count). The lowest BCUT2D eigenvalue weighted by atomic mass is 9.92. The van der Waals surface area contributed by atoms with Gasteiger partial charge in [-0.3, -0.25) is 19.2 Å². The number of carbonyl (C=O) groups is 4. The van der Waals surface area contributed by atoms with E-state index >= 15 is 0 Å². The van der Waals surface area contributed by atoms with Crippen molar-refractivity contribution in [3.8, 4) is 0 Å². The number of halogens is 1. The standard InChI is InChI=1S/C32H35ClN4O5/c33-24-10-5-11-25-23(24)15-27(35-25)32(41)37-16-21-8-4-9-22(21)29(37)31(40)36-26(14-20-12-13-34-30(20)39)28(38)18-42-17-19-6-2-1-3-7-19/h1-3,5-7,10-11,15,20-22,26,29,35H,4,8-9,12-14,16-18H2,(H,34,39)(H,36,40)/t20-,21?,22?,26-,29?/m0/s1. The molecule has 2 saturated heterocycles. The topological polar surface area (TPSA) is 121 Å². The summed E-state index contributed by atoms with van der Waals surface area (Å²) in [6.45, 7) is 1.10. The number of hydrogen-bond acceptors (Lipinski definition) is 5. The van der Waals surface area contributed by atoms with Gasteiger partial charge in [-0.25, -0.2) is 0 Å². The molecule has 220 valence electrons. The van der Waals surface area contributed by atoms with Crippen molar-refractivity contribution in [1.29, 1.82) is 0 Å². The summed E-state index contributed by atoms with van der Waals surface area (Å²) in [4.78, 5) is 58.4. The minimum atomic E-state index is -0.897. The average molecular weight is 591 g/mol. The van der Waals surface area contributed by atoms with Crippen molar-refractivity contribution in [2.45, 2.75) is 50.8 Å². The Hall–Kier alpha value is -3.69. The van der Waals surface area contributed by atoms with Crippen molar-refractivity contribution in [2.24, 2.45) is 17.8 Å². The maximum atomic E-state index is 14.0. The Kier molecular flexibility index (Phi) is 8.31. The Bertz CT molecular complexity index is 1490. The summed E-state index contributed by atoms with van der Waals surface area (Å²) in [5, 5.41) is 7.07. The van der Waals surface area contributed by atoms with Crippen molar-refractivity contribution in [3.63, 3.8) is 0 Å². The second kappa shape index (κ2) is 12.3. The van der Waals surface area contributed by atoms with Crippen LogP contribution < -0.4 is 10.6 Å². The largest absolute Gasteiger partial charge is 0.369 e. The summed E-state index contributed by atoms with van der Waals surface area (Å²) in [5.74, 6) is -1.15. The maximum absolute atomic E-state index is 14.0. The molecule has 3 amide bonds. The zero-order valence-corrected chi connectivity index (χ0v) is 24.1. The molecular formula is C32H35ClN4O5. The third kappa shape index (κ3) is 5.80. The number of ketones is 1. The first-order valence-electron chi connectivity index (χ1n) is 14.7. The number of hydrogen-bond donors (Lipinski definition) is 3. The van der Waals surface area contributed by atoms with Crippen LogP contribution in [-0.2, 0) is 25.7 Å². The number of aromatic amines is 1. The van der Waals surface area contributed by atoms with Gasteiger partial charge in [0.15, 0.2) is 5.78 Å². The minimum Gasteiger partial charge on any atom is -0.369 e. The van der Waals surface area contributed by atoms with E-state index in [9.17, 15) is 19.2 Å². The Morgan fingerprint density at radius 2 is 1.90 bits per heavy atom. The van der Waals surface area contributed by atoms with Gasteiger partial charge in [0.2, 0.25) is 11.8 Å². The fourth-order valence-electron chi connectivity index (χ4n) is 6.87. The van der Waals surface area contributed by atoms with E-state index in [2.05, 4.69) is 15.6 Å². The number of nitrogens with one attached hydrogen (secondary N) is 3. The van der Waals surface area contributed by atoms with Gasteiger partial charge in [0, 0.05) is 34.9 Å². The van der Waals surface area contributed by atoms with Crippen LogP contribution in [0.25, 0.3) is 10.9 Å². The molecule has 42 heavy (non-hydrogen) atoms. The molecule has 3 aliphatic rings. The fraction of sp³-hybridized carbons (Fsp3) is 0.438. The zero-order valence-electron chi connectivity index (χ0n) is 23.3. The highest BCUT2D eigenvalue weighted by atomic mass is 35.5. The van der Waals surface area contributed by atoms with Gasteiger partial charge in [-0.15, -0.1) is 0 Å². The van der Waals surface area contributed by atoms with Gasteiger partial charge in [0.05, 0.1) is 12.6 Å². The third-order valence-electron chi connectivity index (χ3n) is 9.01. The van der Waals surface area contributed by atoms with Gasteiger partial charge in [-0.1, -0.05) is 54.4 Å². The van der Waals surface area contributed by atoms with Crippen LogP contribution in [-0.4, -0.2) is 65.2 Å². The smallest absolute Gasteiger partial charge is 0.271 e. The van der Waals surface area contributed by atoms with Crippen LogP contribution in [0.3, 0.4) is 0 Å². The normalized spacial score (nSPS) is 24.0. The van der Waals surface area contributed by atoms with E-state index in [1.54, 1.807) is 17.0 Å². The molecule has 10 heteroatoms. The summed E-state index contributed by atoms with van der Waals surface area (Å²) >= 11 is 6.35. The number of H-pyrrole nitrogens is 1. The van der Waals surface area contributed by atoms with Crippen molar-refractivity contribution < 1.29 is 23.9 Å². The van der Waals surface area contributed by atoms with Crippen LogP contribution in [0, 0.1) is 17.8 Å². The highest BCUT2D eigenvalue weighted by molar-refractivity contribution is 6.35. The van der Waals surface area contributed by atoms with Gasteiger partial charge < -0.3 is 25.3 Å². The van der Waals surface area contributed by atoms with Gasteiger partial charge in [0.25, 0.3) is 5.91 Å². The second-order valence-electron chi connectivity index (χ2n) is 11.7. The van der Waals surface area contributed by atoms with Gasteiger partial charge in [-0.2, -0.15) is 0 Å². The molecule has 3 heterocycles. The second-order valence-corrected chi connectivity index (χ2v) is 12.1.